The van der Waals surface area contributed by atoms with Crippen LogP contribution in [0.1, 0.15) is 72.6 Å². The second-order valence-corrected chi connectivity index (χ2v) is 9.16. The summed E-state index contributed by atoms with van der Waals surface area (Å²) in [5, 5.41) is 9.71. The lowest BCUT2D eigenvalue weighted by Crippen LogP contribution is -2.46. The molecule has 1 saturated carbocycles. The predicted octanol–water partition coefficient (Wildman–Crippen LogP) is 3.50. The lowest BCUT2D eigenvalue weighted by atomic mass is 9.88. The number of rotatable bonds is 9. The number of carbonyl (C=O) groups excluding carboxylic acids is 2. The van der Waals surface area contributed by atoms with E-state index in [1.54, 1.807) is 6.92 Å². The third-order valence-electron chi connectivity index (χ3n) is 5.96. The molecule has 8 nitrogen and oxygen atoms in total. The summed E-state index contributed by atoms with van der Waals surface area (Å²) in [6.45, 7) is 11.2. The highest BCUT2D eigenvalue weighted by Crippen LogP contribution is 2.26. The molecule has 0 bridgehead atoms. The fourth-order valence-electron chi connectivity index (χ4n) is 4.49. The number of halogens is 1. The van der Waals surface area contributed by atoms with Gasteiger partial charge >= 0.3 is 6.09 Å². The summed E-state index contributed by atoms with van der Waals surface area (Å²) in [6.07, 6.45) is 7.08. The standard InChI is InChI=1S/C23H43N5O3.HI/c1-5-24-22(25-15-20(14-17(3)4)27-23(30)31-6-2)26-19-12-13-28(16-19)21(29)18-10-8-7-9-11-18;/h17-20H,5-16H2,1-4H3,(H,27,30)(H2,24,25,26);1H. The van der Waals surface area contributed by atoms with Gasteiger partial charge in [0.25, 0.3) is 0 Å². The van der Waals surface area contributed by atoms with Crippen LogP contribution in [0, 0.1) is 11.8 Å². The fraction of sp³-hybridized carbons (Fsp3) is 0.870. The van der Waals surface area contributed by atoms with E-state index < -0.39 is 6.09 Å². The van der Waals surface area contributed by atoms with Gasteiger partial charge in [0.05, 0.1) is 19.2 Å². The first-order chi connectivity index (χ1) is 14.9. The summed E-state index contributed by atoms with van der Waals surface area (Å²) in [7, 11) is 0. The molecule has 0 radical (unpaired) electrons. The third-order valence-corrected chi connectivity index (χ3v) is 5.96. The van der Waals surface area contributed by atoms with Crippen LogP contribution >= 0.6 is 24.0 Å². The Morgan fingerprint density at radius 2 is 1.84 bits per heavy atom. The Morgan fingerprint density at radius 1 is 1.12 bits per heavy atom. The Kier molecular flexibility index (Phi) is 14.0. The fourth-order valence-corrected chi connectivity index (χ4v) is 4.49. The zero-order valence-electron chi connectivity index (χ0n) is 20.3. The second kappa shape index (κ2) is 15.6. The van der Waals surface area contributed by atoms with Gasteiger partial charge in [0.15, 0.2) is 5.96 Å². The molecule has 2 atom stereocenters. The molecule has 0 spiro atoms. The minimum absolute atomic E-state index is 0. The monoisotopic (exact) mass is 565 g/mol. The number of alkyl carbamates (subject to hydrolysis) is 1. The summed E-state index contributed by atoms with van der Waals surface area (Å²) >= 11 is 0. The Morgan fingerprint density at radius 3 is 2.47 bits per heavy atom. The Labute approximate surface area is 211 Å². The van der Waals surface area contributed by atoms with E-state index in [-0.39, 0.29) is 42.0 Å². The van der Waals surface area contributed by atoms with Crippen LogP contribution in [0.4, 0.5) is 4.79 Å². The van der Waals surface area contributed by atoms with Gasteiger partial charge in [0.2, 0.25) is 5.91 Å². The molecule has 186 valence electrons. The number of nitrogens with zero attached hydrogens (tertiary/aromatic N) is 2. The van der Waals surface area contributed by atoms with Gasteiger partial charge in [-0.3, -0.25) is 9.79 Å². The summed E-state index contributed by atoms with van der Waals surface area (Å²) in [4.78, 5) is 31.4. The first-order valence-electron chi connectivity index (χ1n) is 12.2. The lowest BCUT2D eigenvalue weighted by molar-refractivity contribution is -0.135. The highest BCUT2D eigenvalue weighted by molar-refractivity contribution is 14.0. The average Bonchev–Trinajstić information content (AvgIpc) is 3.20. The number of hydrogen-bond acceptors (Lipinski definition) is 4. The summed E-state index contributed by atoms with van der Waals surface area (Å²) in [5.41, 5.74) is 0. The molecule has 3 N–H and O–H groups in total. The van der Waals surface area contributed by atoms with E-state index in [0.29, 0.717) is 25.0 Å². The molecular weight excluding hydrogens is 521 g/mol. The van der Waals surface area contributed by atoms with Crippen LogP contribution in [0.5, 0.6) is 0 Å². The highest BCUT2D eigenvalue weighted by Gasteiger charge is 2.31. The molecule has 2 unspecified atom stereocenters. The van der Waals surface area contributed by atoms with Crippen molar-refractivity contribution in [1.29, 1.82) is 0 Å². The molecule has 2 aliphatic rings. The minimum atomic E-state index is -0.394. The first-order valence-corrected chi connectivity index (χ1v) is 12.2. The normalized spacial score (nSPS) is 20.5. The van der Waals surface area contributed by atoms with E-state index in [4.69, 9.17) is 9.73 Å². The van der Waals surface area contributed by atoms with Crippen molar-refractivity contribution >= 4 is 41.9 Å². The zero-order chi connectivity index (χ0) is 22.6. The number of nitrogens with one attached hydrogen (secondary N) is 3. The van der Waals surface area contributed by atoms with E-state index in [1.165, 1.54) is 19.3 Å². The Bertz CT molecular complexity index is 596. The minimum Gasteiger partial charge on any atom is -0.450 e. The molecule has 1 aliphatic heterocycles. The van der Waals surface area contributed by atoms with Gasteiger partial charge in [-0.25, -0.2) is 4.79 Å². The van der Waals surface area contributed by atoms with Crippen LogP contribution < -0.4 is 16.0 Å². The van der Waals surface area contributed by atoms with Gasteiger partial charge < -0.3 is 25.6 Å². The number of amides is 2. The van der Waals surface area contributed by atoms with Crippen LogP contribution in [-0.2, 0) is 9.53 Å². The molecule has 32 heavy (non-hydrogen) atoms. The predicted molar refractivity (Wildman–Crippen MR) is 139 cm³/mol. The van der Waals surface area contributed by atoms with E-state index in [2.05, 4.69) is 29.8 Å². The highest BCUT2D eigenvalue weighted by atomic mass is 127. The summed E-state index contributed by atoms with van der Waals surface area (Å²) < 4.78 is 5.03. The zero-order valence-corrected chi connectivity index (χ0v) is 22.7. The van der Waals surface area contributed by atoms with Crippen LogP contribution in [0.3, 0.4) is 0 Å². The molecule has 0 aromatic carbocycles. The van der Waals surface area contributed by atoms with Crippen LogP contribution in [0.25, 0.3) is 0 Å². The second-order valence-electron chi connectivity index (χ2n) is 9.16. The molecule has 1 heterocycles. The van der Waals surface area contributed by atoms with Gasteiger partial charge in [-0.05, 0) is 45.4 Å². The van der Waals surface area contributed by atoms with Crippen molar-refractivity contribution in [2.45, 2.75) is 84.7 Å². The maximum atomic E-state index is 12.8. The van der Waals surface area contributed by atoms with Gasteiger partial charge in [-0.15, -0.1) is 24.0 Å². The number of hydrogen-bond donors (Lipinski definition) is 3. The smallest absolute Gasteiger partial charge is 0.407 e. The molecule has 1 aliphatic carbocycles. The quantitative estimate of drug-likeness (QED) is 0.226. The van der Waals surface area contributed by atoms with E-state index >= 15 is 0 Å². The number of aliphatic imine (C=N–C) groups is 1. The molecule has 0 aromatic heterocycles. The van der Waals surface area contributed by atoms with E-state index in [0.717, 1.165) is 51.3 Å². The number of carbonyl (C=O) groups is 2. The molecule has 2 rings (SSSR count). The van der Waals surface area contributed by atoms with Crippen molar-refractivity contribution in [2.75, 3.05) is 32.8 Å². The van der Waals surface area contributed by atoms with Crippen molar-refractivity contribution in [3.63, 3.8) is 0 Å². The molecule has 2 fully saturated rings. The molecule has 9 heteroatoms. The summed E-state index contributed by atoms with van der Waals surface area (Å²) in [6, 6.07) is 0.120. The molecule has 2 amide bonds. The van der Waals surface area contributed by atoms with Crippen molar-refractivity contribution < 1.29 is 14.3 Å². The van der Waals surface area contributed by atoms with Crippen LogP contribution in [0.2, 0.25) is 0 Å². The average molecular weight is 566 g/mol. The van der Waals surface area contributed by atoms with Crippen LogP contribution in [-0.4, -0.2) is 67.7 Å². The summed E-state index contributed by atoms with van der Waals surface area (Å²) in [5.74, 6) is 1.73. The van der Waals surface area contributed by atoms with E-state index in [1.807, 2.05) is 11.8 Å². The van der Waals surface area contributed by atoms with Crippen molar-refractivity contribution in [3.8, 4) is 0 Å². The molecule has 1 saturated heterocycles. The maximum absolute atomic E-state index is 12.8. The van der Waals surface area contributed by atoms with Crippen molar-refractivity contribution in [2.24, 2.45) is 16.8 Å². The maximum Gasteiger partial charge on any atom is 0.407 e. The van der Waals surface area contributed by atoms with Gasteiger partial charge in [0, 0.05) is 31.6 Å². The van der Waals surface area contributed by atoms with Gasteiger partial charge in [-0.2, -0.15) is 0 Å². The van der Waals surface area contributed by atoms with Gasteiger partial charge in [-0.1, -0.05) is 33.1 Å². The van der Waals surface area contributed by atoms with Crippen LogP contribution in [0.15, 0.2) is 4.99 Å². The largest absolute Gasteiger partial charge is 0.450 e. The lowest BCUT2D eigenvalue weighted by Gasteiger charge is -2.26. The number of guanidine groups is 1. The SMILES string of the molecule is CCNC(=NCC(CC(C)C)NC(=O)OCC)NC1CCN(C(=O)C2CCCCC2)C1.I. The molecular formula is C23H44IN5O3. The Balaban J connectivity index is 0.00000512. The van der Waals surface area contributed by atoms with Crippen molar-refractivity contribution in [3.05, 3.63) is 0 Å². The van der Waals surface area contributed by atoms with Crippen molar-refractivity contribution in [1.82, 2.24) is 20.9 Å². The number of ether oxygens (including phenoxy) is 1. The first kappa shape index (κ1) is 28.8. The number of likely N-dealkylation sites (tertiary alicyclic amines) is 1. The third kappa shape index (κ3) is 10.1. The van der Waals surface area contributed by atoms with E-state index in [9.17, 15) is 9.59 Å². The van der Waals surface area contributed by atoms with Gasteiger partial charge in [0.1, 0.15) is 0 Å². The molecule has 0 aromatic rings. The topological polar surface area (TPSA) is 95.1 Å². The Hall–Kier alpha value is -1.26.